The van der Waals surface area contributed by atoms with Gasteiger partial charge in [0.1, 0.15) is 41.6 Å². The van der Waals surface area contributed by atoms with E-state index in [1.165, 1.54) is 30.5 Å². The second kappa shape index (κ2) is 24.3. The van der Waals surface area contributed by atoms with Gasteiger partial charge in [-0.1, -0.05) is 65.7 Å². The molecule has 2 aromatic carbocycles. The number of alkyl halides is 9. The Labute approximate surface area is 416 Å². The second-order valence-corrected chi connectivity index (χ2v) is 19.2. The van der Waals surface area contributed by atoms with Crippen molar-refractivity contribution in [2.75, 3.05) is 0 Å². The zero-order valence-corrected chi connectivity index (χ0v) is 41.1. The zero-order chi connectivity index (χ0) is 56.3. The fourth-order valence-corrected chi connectivity index (χ4v) is 6.27. The zero-order valence-electron chi connectivity index (χ0n) is 41.1. The summed E-state index contributed by atoms with van der Waals surface area (Å²) in [6.45, 7) is 15.1. The van der Waals surface area contributed by atoms with Gasteiger partial charge < -0.3 is 29.0 Å². The van der Waals surface area contributed by atoms with Gasteiger partial charge >= 0.3 is 36.4 Å². The summed E-state index contributed by atoms with van der Waals surface area (Å²) in [6.07, 6.45) is -9.85. The van der Waals surface area contributed by atoms with Crippen molar-refractivity contribution in [1.29, 1.82) is 0 Å². The number of rotatable bonds is 18. The molecule has 0 spiro atoms. The normalized spacial score (nSPS) is 12.8. The maximum atomic E-state index is 13.1. The summed E-state index contributed by atoms with van der Waals surface area (Å²) in [4.78, 5) is 57.2. The van der Waals surface area contributed by atoms with Gasteiger partial charge in [-0.15, -0.1) is 0 Å². The van der Waals surface area contributed by atoms with Crippen LogP contribution in [0.3, 0.4) is 0 Å². The summed E-state index contributed by atoms with van der Waals surface area (Å²) in [5.74, 6) is -7.55. The molecule has 0 aliphatic carbocycles. The van der Waals surface area contributed by atoms with Crippen LogP contribution in [0, 0.1) is 22.5 Å². The van der Waals surface area contributed by atoms with Crippen LogP contribution < -0.4 is 5.73 Å². The number of ether oxygens (including phenoxy) is 1. The molecular formula is C48H53F11N6O9. The number of carbonyl (C=O) groups is 4. The minimum atomic E-state index is -5.62. The first kappa shape index (κ1) is 61.3. The molecule has 0 aliphatic heterocycles. The summed E-state index contributed by atoms with van der Waals surface area (Å²) in [5, 5.41) is 14.9. The van der Waals surface area contributed by atoms with E-state index >= 15 is 0 Å². The Balaban J connectivity index is 0.000000319. The molecule has 0 fully saturated rings. The highest BCUT2D eigenvalue weighted by Gasteiger charge is 2.49. The molecule has 0 radical (unpaired) electrons. The highest BCUT2D eigenvalue weighted by molar-refractivity contribution is 5.91. The lowest BCUT2D eigenvalue weighted by Gasteiger charge is -2.26. The van der Waals surface area contributed by atoms with E-state index < -0.39 is 52.6 Å². The van der Waals surface area contributed by atoms with Gasteiger partial charge in [0.15, 0.2) is 5.82 Å². The third-order valence-electron chi connectivity index (χ3n) is 11.5. The number of nitrogens with two attached hydrogens (primary N) is 1. The van der Waals surface area contributed by atoms with E-state index in [4.69, 9.17) is 19.8 Å². The van der Waals surface area contributed by atoms with E-state index in [2.05, 4.69) is 34.5 Å². The van der Waals surface area contributed by atoms with Crippen molar-refractivity contribution in [1.82, 2.24) is 20.1 Å². The minimum absolute atomic E-state index is 0.0302. The SMILES string of the molecule is CC(C)(CC/C(N)=N/O)C(=O)CCC(C)(C)c1coc(-c2ccc(F)cc2)n1.CC(C)(CCc1noc(C(F)(F)F)n1)C(=O)CCC(C)(C)c1coc(-c2ccc(F)cc2)n1.O=C(OC(=O)C(F)(F)F)C(F)(F)F. The molecule has 0 saturated heterocycles. The van der Waals surface area contributed by atoms with Crippen LogP contribution in [-0.4, -0.2) is 67.0 Å². The number of hydrogen-bond donors (Lipinski definition) is 2. The van der Waals surface area contributed by atoms with Crippen LogP contribution in [0.1, 0.15) is 123 Å². The lowest BCUT2D eigenvalue weighted by Crippen LogP contribution is -2.34. The van der Waals surface area contributed by atoms with Crippen LogP contribution in [0.4, 0.5) is 48.3 Å². The van der Waals surface area contributed by atoms with Gasteiger partial charge in [-0.05, 0) is 74.2 Å². The van der Waals surface area contributed by atoms with E-state index in [-0.39, 0.29) is 59.5 Å². The molecule has 0 bridgehead atoms. The van der Waals surface area contributed by atoms with Gasteiger partial charge in [-0.25, -0.2) is 28.3 Å². The molecular weight excluding hydrogens is 1010 g/mol. The number of aromatic nitrogens is 4. The van der Waals surface area contributed by atoms with Gasteiger partial charge in [0.2, 0.25) is 11.8 Å². The van der Waals surface area contributed by atoms with Crippen molar-refractivity contribution in [3.63, 3.8) is 0 Å². The molecule has 3 aromatic heterocycles. The predicted molar refractivity (Wildman–Crippen MR) is 239 cm³/mol. The second-order valence-electron chi connectivity index (χ2n) is 19.2. The maximum Gasteiger partial charge on any atom is 0.491 e. The predicted octanol–water partition coefficient (Wildman–Crippen LogP) is 12.0. The largest absolute Gasteiger partial charge is 0.491 e. The van der Waals surface area contributed by atoms with Crippen LogP contribution >= 0.6 is 0 Å². The first-order chi connectivity index (χ1) is 33.9. The summed E-state index contributed by atoms with van der Waals surface area (Å²) in [6, 6.07) is 11.7. The van der Waals surface area contributed by atoms with E-state index in [9.17, 15) is 67.5 Å². The molecule has 0 amide bonds. The van der Waals surface area contributed by atoms with Crippen LogP contribution in [0.15, 0.2) is 79.6 Å². The van der Waals surface area contributed by atoms with Gasteiger partial charge in [-0.3, -0.25) is 9.59 Å². The minimum Gasteiger partial charge on any atom is -0.444 e. The molecule has 3 N–H and O–H groups in total. The third kappa shape index (κ3) is 18.5. The third-order valence-corrected chi connectivity index (χ3v) is 11.5. The van der Waals surface area contributed by atoms with Gasteiger partial charge in [0.05, 0.1) is 11.4 Å². The Hall–Kier alpha value is -7.02. The van der Waals surface area contributed by atoms with Crippen molar-refractivity contribution < 1.29 is 90.8 Å². The summed E-state index contributed by atoms with van der Waals surface area (Å²) < 4.78 is 149. The number of amidine groups is 1. The van der Waals surface area contributed by atoms with E-state index in [0.717, 1.165) is 5.69 Å². The standard InChI is InChI=1S/C23H25F4N3O3.C21H28FN3O3.C4F6O3/c1-21(2,16-13-32-19(28-16)14-5-7-15(24)8-6-14)11-9-17(31)22(3,4)12-10-18-29-20(33-30-18)23(25,26)27;1-20(2,11-9-17(26)21(3,4)12-10-18(23)25-27)16-13-28-19(24-16)14-5-7-15(22)8-6-14;5-3(6,7)1(11)13-2(12)4(8,9)10/h5-8,13H,9-12H2,1-4H3;5-8,13,27H,9-12H2,1-4H3,(H2,23,25);. The van der Waals surface area contributed by atoms with Gasteiger partial charge in [-0.2, -0.15) is 44.5 Å². The lowest BCUT2D eigenvalue weighted by molar-refractivity contribution is -0.221. The number of hydrogen-bond acceptors (Lipinski definition) is 14. The number of ketones is 2. The number of oxazole rings is 2. The van der Waals surface area contributed by atoms with Crippen LogP contribution in [-0.2, 0) is 47.3 Å². The molecule has 5 aromatic rings. The van der Waals surface area contributed by atoms with Crippen LogP contribution in [0.5, 0.6) is 0 Å². The Morgan fingerprint density at radius 1 is 0.595 bits per heavy atom. The smallest absolute Gasteiger partial charge is 0.444 e. The number of oxime groups is 1. The van der Waals surface area contributed by atoms with Crippen molar-refractivity contribution in [3.05, 3.63) is 95.8 Å². The summed E-state index contributed by atoms with van der Waals surface area (Å²) >= 11 is 0. The van der Waals surface area contributed by atoms with E-state index in [1.807, 2.05) is 41.5 Å². The van der Waals surface area contributed by atoms with Crippen molar-refractivity contribution in [3.8, 4) is 22.9 Å². The monoisotopic (exact) mass is 1070 g/mol. The number of halogens is 11. The Bertz CT molecular complexity index is 2680. The van der Waals surface area contributed by atoms with Gasteiger partial charge in [0.25, 0.3) is 0 Å². The molecule has 406 valence electrons. The fraction of sp³-hybridized carbons (Fsp3) is 0.479. The Morgan fingerprint density at radius 2 is 0.986 bits per heavy atom. The molecule has 74 heavy (non-hydrogen) atoms. The van der Waals surface area contributed by atoms with E-state index in [0.29, 0.717) is 60.7 Å². The topological polar surface area (TPSA) is 227 Å². The average molecular weight is 1070 g/mol. The number of Topliss-reactive ketones (excluding diaryl/α,β-unsaturated/α-hetero) is 2. The number of benzene rings is 2. The molecule has 5 rings (SSSR count). The van der Waals surface area contributed by atoms with Crippen molar-refractivity contribution in [2.24, 2.45) is 21.7 Å². The first-order valence-corrected chi connectivity index (χ1v) is 22.1. The Morgan fingerprint density at radius 3 is 1.34 bits per heavy atom. The highest BCUT2D eigenvalue weighted by atomic mass is 19.4. The number of esters is 2. The first-order valence-electron chi connectivity index (χ1n) is 22.1. The number of carbonyl (C=O) groups excluding carboxylic acids is 4. The quantitative estimate of drug-likeness (QED) is 0.0158. The molecule has 26 heteroatoms. The molecule has 0 unspecified atom stereocenters. The molecule has 3 heterocycles. The summed E-state index contributed by atoms with van der Waals surface area (Å²) in [7, 11) is 0. The van der Waals surface area contributed by atoms with Crippen LogP contribution in [0.25, 0.3) is 22.9 Å². The van der Waals surface area contributed by atoms with Gasteiger partial charge in [0, 0.05) is 58.5 Å². The van der Waals surface area contributed by atoms with E-state index in [1.54, 1.807) is 44.4 Å². The number of aryl methyl sites for hydroxylation is 1. The number of nitrogens with zero attached hydrogens (tertiary/aromatic N) is 5. The van der Waals surface area contributed by atoms with Crippen molar-refractivity contribution >= 4 is 29.3 Å². The Kier molecular flexibility index (Phi) is 20.2. The van der Waals surface area contributed by atoms with Crippen molar-refractivity contribution in [2.45, 2.75) is 136 Å². The average Bonchev–Trinajstić information content (AvgIpc) is 4.12. The fourth-order valence-electron chi connectivity index (χ4n) is 6.27. The highest BCUT2D eigenvalue weighted by Crippen LogP contribution is 2.36. The molecule has 0 saturated carbocycles. The maximum absolute atomic E-state index is 13.1. The lowest BCUT2D eigenvalue weighted by atomic mass is 9.77. The summed E-state index contributed by atoms with van der Waals surface area (Å²) in [5.41, 5.74) is 6.09. The molecule has 0 aliphatic rings. The molecule has 15 nitrogen and oxygen atoms in total. The van der Waals surface area contributed by atoms with Crippen LogP contribution in [0.2, 0.25) is 0 Å². The molecule has 0 atom stereocenters.